The van der Waals surface area contributed by atoms with Crippen molar-refractivity contribution < 1.29 is 24.0 Å². The van der Waals surface area contributed by atoms with E-state index in [2.05, 4.69) is 10.6 Å². The van der Waals surface area contributed by atoms with Gasteiger partial charge in [-0.15, -0.1) is 0 Å². The fourth-order valence-corrected chi connectivity index (χ4v) is 1.96. The van der Waals surface area contributed by atoms with Crippen LogP contribution < -0.4 is 15.5 Å². The molecule has 0 aromatic heterocycles. The Bertz CT molecular complexity index is 689. The van der Waals surface area contributed by atoms with Crippen LogP contribution in [0.3, 0.4) is 0 Å². The Labute approximate surface area is 150 Å². The quantitative estimate of drug-likeness (QED) is 0.369. The van der Waals surface area contributed by atoms with Crippen molar-refractivity contribution in [3.8, 4) is 0 Å². The normalized spacial score (nSPS) is 9.96. The summed E-state index contributed by atoms with van der Waals surface area (Å²) in [4.78, 5) is 47.1. The Morgan fingerprint density at radius 3 is 2.46 bits per heavy atom. The highest BCUT2D eigenvalue weighted by Crippen LogP contribution is 2.24. The van der Waals surface area contributed by atoms with E-state index in [9.17, 15) is 24.5 Å². The average Bonchev–Trinajstić information content (AvgIpc) is 2.61. The monoisotopic (exact) mass is 366 g/mol. The summed E-state index contributed by atoms with van der Waals surface area (Å²) in [5.74, 6) is -1.87. The summed E-state index contributed by atoms with van der Waals surface area (Å²) in [5.41, 5.74) is 0.122. The average molecular weight is 366 g/mol. The highest BCUT2D eigenvalue weighted by Gasteiger charge is 2.20. The van der Waals surface area contributed by atoms with Gasteiger partial charge in [0.1, 0.15) is 0 Å². The SMILES string of the molecule is CCCNC(=O)CNC(=O)COC(=O)c1cc([N+](=O)[O-])ccc1N(C)C. The van der Waals surface area contributed by atoms with Gasteiger partial charge in [0.05, 0.1) is 22.7 Å². The molecule has 1 aromatic rings. The first-order valence-electron chi connectivity index (χ1n) is 7.92. The lowest BCUT2D eigenvalue weighted by atomic mass is 10.1. The van der Waals surface area contributed by atoms with Crippen LogP contribution in [0.4, 0.5) is 11.4 Å². The number of anilines is 1. The van der Waals surface area contributed by atoms with Crippen LogP contribution in [-0.4, -0.2) is 56.5 Å². The lowest BCUT2D eigenvalue weighted by molar-refractivity contribution is -0.384. The van der Waals surface area contributed by atoms with Crippen molar-refractivity contribution >= 4 is 29.2 Å². The van der Waals surface area contributed by atoms with Crippen molar-refractivity contribution in [1.82, 2.24) is 10.6 Å². The zero-order valence-electron chi connectivity index (χ0n) is 14.9. The molecule has 2 amide bonds. The number of nitrogens with zero attached hydrogens (tertiary/aromatic N) is 2. The number of amides is 2. The van der Waals surface area contributed by atoms with E-state index < -0.39 is 23.4 Å². The predicted octanol–water partition coefficient (Wildman–Crippen LogP) is 0.460. The van der Waals surface area contributed by atoms with E-state index in [0.717, 1.165) is 12.5 Å². The van der Waals surface area contributed by atoms with Crippen LogP contribution in [0.5, 0.6) is 0 Å². The molecular formula is C16H22N4O6. The number of benzene rings is 1. The third-order valence-corrected chi connectivity index (χ3v) is 3.25. The smallest absolute Gasteiger partial charge is 0.341 e. The number of nitro benzene ring substituents is 1. The van der Waals surface area contributed by atoms with E-state index >= 15 is 0 Å². The van der Waals surface area contributed by atoms with E-state index in [1.54, 1.807) is 19.0 Å². The van der Waals surface area contributed by atoms with Crippen molar-refractivity contribution in [3.05, 3.63) is 33.9 Å². The molecule has 142 valence electrons. The van der Waals surface area contributed by atoms with Gasteiger partial charge in [0.25, 0.3) is 11.6 Å². The third kappa shape index (κ3) is 6.38. The van der Waals surface area contributed by atoms with Crippen molar-refractivity contribution in [2.45, 2.75) is 13.3 Å². The second-order valence-electron chi connectivity index (χ2n) is 5.56. The molecule has 0 unspecified atom stereocenters. The standard InChI is InChI=1S/C16H22N4O6/c1-4-7-17-14(21)9-18-15(22)10-26-16(23)12-8-11(20(24)25)5-6-13(12)19(2)3/h5-6,8H,4,7,9-10H2,1-3H3,(H,17,21)(H,18,22). The summed E-state index contributed by atoms with van der Waals surface area (Å²) >= 11 is 0. The van der Waals surface area contributed by atoms with Gasteiger partial charge < -0.3 is 20.3 Å². The van der Waals surface area contributed by atoms with Gasteiger partial charge >= 0.3 is 5.97 Å². The van der Waals surface area contributed by atoms with Crippen molar-refractivity contribution in [1.29, 1.82) is 0 Å². The summed E-state index contributed by atoms with van der Waals surface area (Å²) in [6.45, 7) is 1.57. The van der Waals surface area contributed by atoms with Crippen molar-refractivity contribution in [2.24, 2.45) is 0 Å². The molecule has 0 aliphatic rings. The fourth-order valence-electron chi connectivity index (χ4n) is 1.96. The Kier molecular flexibility index (Phi) is 8.00. The van der Waals surface area contributed by atoms with Crippen LogP contribution in [-0.2, 0) is 14.3 Å². The van der Waals surface area contributed by atoms with Gasteiger partial charge in [0, 0.05) is 32.8 Å². The maximum Gasteiger partial charge on any atom is 0.341 e. The zero-order chi connectivity index (χ0) is 19.7. The molecule has 26 heavy (non-hydrogen) atoms. The molecule has 0 radical (unpaired) electrons. The minimum absolute atomic E-state index is 0.0299. The Morgan fingerprint density at radius 1 is 1.19 bits per heavy atom. The largest absolute Gasteiger partial charge is 0.452 e. The third-order valence-electron chi connectivity index (χ3n) is 3.25. The van der Waals surface area contributed by atoms with E-state index in [1.165, 1.54) is 12.1 Å². The van der Waals surface area contributed by atoms with E-state index in [-0.39, 0.29) is 23.7 Å². The number of nitrogens with one attached hydrogen (secondary N) is 2. The molecule has 0 atom stereocenters. The molecule has 1 aromatic carbocycles. The van der Waals surface area contributed by atoms with Crippen molar-refractivity contribution in [3.63, 3.8) is 0 Å². The van der Waals surface area contributed by atoms with E-state index in [0.29, 0.717) is 12.2 Å². The maximum atomic E-state index is 12.2. The fraction of sp³-hybridized carbons (Fsp3) is 0.438. The van der Waals surface area contributed by atoms with Gasteiger partial charge in [-0.25, -0.2) is 4.79 Å². The van der Waals surface area contributed by atoms with Gasteiger partial charge in [-0.1, -0.05) is 6.92 Å². The molecule has 0 heterocycles. The molecule has 2 N–H and O–H groups in total. The predicted molar refractivity (Wildman–Crippen MR) is 94.0 cm³/mol. The number of rotatable bonds is 9. The summed E-state index contributed by atoms with van der Waals surface area (Å²) < 4.78 is 4.90. The highest BCUT2D eigenvalue weighted by molar-refractivity contribution is 5.97. The molecule has 0 aliphatic heterocycles. The molecular weight excluding hydrogens is 344 g/mol. The number of ether oxygens (including phenoxy) is 1. The van der Waals surface area contributed by atoms with Gasteiger partial charge in [0.2, 0.25) is 5.91 Å². The number of esters is 1. The Morgan fingerprint density at radius 2 is 1.88 bits per heavy atom. The van der Waals surface area contributed by atoms with Crippen LogP contribution >= 0.6 is 0 Å². The summed E-state index contributed by atoms with van der Waals surface area (Å²) in [7, 11) is 3.33. The molecule has 0 fully saturated rings. The molecule has 0 saturated heterocycles. The maximum absolute atomic E-state index is 12.2. The Balaban J connectivity index is 2.67. The number of carbonyl (C=O) groups is 3. The molecule has 0 bridgehead atoms. The number of hydrogen-bond donors (Lipinski definition) is 2. The molecule has 10 heteroatoms. The minimum Gasteiger partial charge on any atom is -0.452 e. The lowest BCUT2D eigenvalue weighted by Gasteiger charge is -2.16. The first kappa shape index (κ1) is 20.9. The second kappa shape index (κ2) is 9.97. The topological polar surface area (TPSA) is 131 Å². The van der Waals surface area contributed by atoms with Crippen LogP contribution in [0.1, 0.15) is 23.7 Å². The van der Waals surface area contributed by atoms with E-state index in [1.807, 2.05) is 6.92 Å². The van der Waals surface area contributed by atoms with Gasteiger partial charge in [-0.3, -0.25) is 19.7 Å². The van der Waals surface area contributed by atoms with Gasteiger partial charge in [-0.05, 0) is 12.5 Å². The molecule has 0 spiro atoms. The van der Waals surface area contributed by atoms with Gasteiger partial charge in [0.15, 0.2) is 6.61 Å². The van der Waals surface area contributed by atoms with Crippen LogP contribution in [0.15, 0.2) is 18.2 Å². The van der Waals surface area contributed by atoms with Crippen LogP contribution in [0.2, 0.25) is 0 Å². The molecule has 0 aliphatic carbocycles. The van der Waals surface area contributed by atoms with Crippen LogP contribution in [0.25, 0.3) is 0 Å². The first-order chi connectivity index (χ1) is 12.3. The number of hydrogen-bond acceptors (Lipinski definition) is 7. The van der Waals surface area contributed by atoms with Gasteiger partial charge in [-0.2, -0.15) is 0 Å². The molecule has 10 nitrogen and oxygen atoms in total. The molecule has 0 saturated carbocycles. The Hall–Kier alpha value is -3.17. The summed E-state index contributed by atoms with van der Waals surface area (Å²) in [5, 5.41) is 15.8. The zero-order valence-corrected chi connectivity index (χ0v) is 14.9. The molecule has 1 rings (SSSR count). The number of nitro groups is 1. The first-order valence-corrected chi connectivity index (χ1v) is 7.92. The van der Waals surface area contributed by atoms with Crippen molar-refractivity contribution in [2.75, 3.05) is 38.7 Å². The number of non-ortho nitro benzene ring substituents is 1. The summed E-state index contributed by atoms with van der Waals surface area (Å²) in [6.07, 6.45) is 0.773. The lowest BCUT2D eigenvalue weighted by Crippen LogP contribution is -2.39. The second-order valence-corrected chi connectivity index (χ2v) is 5.56. The van der Waals surface area contributed by atoms with Crippen LogP contribution in [0, 0.1) is 10.1 Å². The highest BCUT2D eigenvalue weighted by atomic mass is 16.6. The van der Waals surface area contributed by atoms with E-state index in [4.69, 9.17) is 4.74 Å². The number of carbonyl (C=O) groups excluding carboxylic acids is 3. The summed E-state index contributed by atoms with van der Waals surface area (Å²) in [6, 6.07) is 3.79. The minimum atomic E-state index is -0.872.